The molecule has 0 saturated carbocycles. The Morgan fingerprint density at radius 3 is 2.65 bits per heavy atom. The van der Waals surface area contributed by atoms with Crippen molar-refractivity contribution >= 4 is 22.7 Å². The van der Waals surface area contributed by atoms with E-state index >= 15 is 0 Å². The van der Waals surface area contributed by atoms with E-state index in [1.807, 2.05) is 31.4 Å². The van der Waals surface area contributed by atoms with Crippen LogP contribution in [0, 0.1) is 5.92 Å². The molecule has 9 heteroatoms. The number of fused-ring (bicyclic) bond motifs is 2. The van der Waals surface area contributed by atoms with Gasteiger partial charge in [0.05, 0.1) is 10.9 Å². The summed E-state index contributed by atoms with van der Waals surface area (Å²) in [6.07, 6.45) is 5.54. The van der Waals surface area contributed by atoms with Crippen molar-refractivity contribution in [2.24, 2.45) is 5.92 Å². The van der Waals surface area contributed by atoms with Crippen molar-refractivity contribution < 1.29 is 19.1 Å². The van der Waals surface area contributed by atoms with Gasteiger partial charge in [-0.25, -0.2) is 0 Å². The van der Waals surface area contributed by atoms with Crippen molar-refractivity contribution in [3.8, 4) is 11.5 Å². The molecular weight excluding hydrogens is 436 g/mol. The molecule has 3 heterocycles. The monoisotopic (exact) mass is 464 g/mol. The summed E-state index contributed by atoms with van der Waals surface area (Å²) in [5.74, 6) is -0.00820. The number of rotatable bonds is 8. The van der Waals surface area contributed by atoms with Gasteiger partial charge in [0.25, 0.3) is 5.91 Å². The molecule has 2 amide bonds. The maximum Gasteiger partial charge on any atom is 0.257 e. The molecule has 0 saturated heterocycles. The lowest BCUT2D eigenvalue weighted by Crippen LogP contribution is -2.50. The van der Waals surface area contributed by atoms with E-state index in [-0.39, 0.29) is 24.2 Å². The fraction of sp³-hybridized carbons (Fsp3) is 0.360. The largest absolute Gasteiger partial charge is 0.454 e. The number of carbonyl (C=O) groups excluding carboxylic acids is 2. The van der Waals surface area contributed by atoms with Crippen molar-refractivity contribution in [3.63, 3.8) is 0 Å². The second kappa shape index (κ2) is 9.94. The first-order valence-corrected chi connectivity index (χ1v) is 11.4. The van der Waals surface area contributed by atoms with Crippen LogP contribution in [0.5, 0.6) is 11.5 Å². The summed E-state index contributed by atoms with van der Waals surface area (Å²) in [6, 6.07) is 6.21. The molecule has 0 fully saturated rings. The van der Waals surface area contributed by atoms with Crippen LogP contribution in [-0.4, -0.2) is 34.2 Å². The lowest BCUT2D eigenvalue weighted by atomic mass is 9.97. The van der Waals surface area contributed by atoms with Gasteiger partial charge in [-0.05, 0) is 30.5 Å². The number of amides is 2. The molecule has 1 unspecified atom stereocenters. The van der Waals surface area contributed by atoms with Crippen molar-refractivity contribution in [1.82, 2.24) is 20.2 Å². The van der Waals surface area contributed by atoms with Gasteiger partial charge in [0.15, 0.2) is 11.5 Å². The van der Waals surface area contributed by atoms with Gasteiger partial charge < -0.3 is 24.7 Å². The van der Waals surface area contributed by atoms with E-state index in [1.165, 1.54) is 6.20 Å². The lowest BCUT2D eigenvalue weighted by Gasteiger charge is -2.24. The molecule has 2 atom stereocenters. The van der Waals surface area contributed by atoms with Gasteiger partial charge in [-0.1, -0.05) is 26.3 Å². The van der Waals surface area contributed by atoms with E-state index in [2.05, 4.69) is 15.6 Å². The van der Waals surface area contributed by atoms with E-state index in [4.69, 9.17) is 9.47 Å². The molecule has 0 bridgehead atoms. The van der Waals surface area contributed by atoms with Crippen LogP contribution in [0.3, 0.4) is 0 Å². The van der Waals surface area contributed by atoms with Gasteiger partial charge in [-0.3, -0.25) is 19.4 Å². The van der Waals surface area contributed by atoms with Gasteiger partial charge in [-0.2, -0.15) is 0 Å². The number of aryl methyl sites for hydroxylation is 1. The Balaban J connectivity index is 1.61. The number of hydrogen-bond donors (Lipinski definition) is 2. The molecule has 2 N–H and O–H groups in total. The summed E-state index contributed by atoms with van der Waals surface area (Å²) >= 11 is 0. The number of nitrogens with zero attached hydrogens (tertiary/aromatic N) is 2. The summed E-state index contributed by atoms with van der Waals surface area (Å²) in [6.45, 7) is 6.67. The Bertz CT molecular complexity index is 1270. The summed E-state index contributed by atoms with van der Waals surface area (Å²) < 4.78 is 12.7. The zero-order valence-corrected chi connectivity index (χ0v) is 19.5. The molecule has 3 aromatic rings. The Labute approximate surface area is 197 Å². The van der Waals surface area contributed by atoms with Crippen LogP contribution in [0.1, 0.15) is 43.1 Å². The van der Waals surface area contributed by atoms with Crippen LogP contribution >= 0.6 is 0 Å². The third-order valence-electron chi connectivity index (χ3n) is 6.13. The SMILES string of the molecule is CCC(C)[C@H](NC(=O)c1cn(CC)c2cc3c(cc2c1=O)OCO3)C(=O)NCc1cccnc1. The zero-order chi connectivity index (χ0) is 24.2. The van der Waals surface area contributed by atoms with Gasteiger partial charge >= 0.3 is 0 Å². The van der Waals surface area contributed by atoms with Gasteiger partial charge in [-0.15, -0.1) is 0 Å². The number of ether oxygens (including phenoxy) is 2. The Morgan fingerprint density at radius 1 is 1.21 bits per heavy atom. The van der Waals surface area contributed by atoms with Crippen molar-refractivity contribution in [3.05, 3.63) is 64.2 Å². The zero-order valence-electron chi connectivity index (χ0n) is 19.5. The van der Waals surface area contributed by atoms with E-state index < -0.39 is 17.4 Å². The average molecular weight is 465 g/mol. The molecule has 1 aromatic carbocycles. The second-order valence-electron chi connectivity index (χ2n) is 8.30. The van der Waals surface area contributed by atoms with E-state index in [0.717, 1.165) is 5.56 Å². The predicted molar refractivity (Wildman–Crippen MR) is 127 cm³/mol. The Kier molecular flexibility index (Phi) is 6.81. The highest BCUT2D eigenvalue weighted by Crippen LogP contribution is 2.35. The molecular formula is C25H28N4O5. The first-order chi connectivity index (χ1) is 16.4. The number of carbonyl (C=O) groups is 2. The number of benzene rings is 1. The van der Waals surface area contributed by atoms with Gasteiger partial charge in [0.2, 0.25) is 18.1 Å². The van der Waals surface area contributed by atoms with Gasteiger partial charge in [0, 0.05) is 37.7 Å². The Hall–Kier alpha value is -3.88. The highest BCUT2D eigenvalue weighted by molar-refractivity contribution is 6.00. The van der Waals surface area contributed by atoms with Crippen molar-refractivity contribution in [2.45, 2.75) is 46.3 Å². The molecule has 4 rings (SSSR count). The number of hydrogen-bond acceptors (Lipinski definition) is 6. The Morgan fingerprint density at radius 2 is 1.97 bits per heavy atom. The highest BCUT2D eigenvalue weighted by atomic mass is 16.7. The van der Waals surface area contributed by atoms with Crippen LogP contribution < -0.4 is 25.5 Å². The standard InChI is InChI=1S/C25H28N4O5/c1-4-15(3)22(25(32)27-12-16-7-6-8-26-11-16)28-24(31)18-13-29(5-2)19-10-21-20(33-14-34-21)9-17(19)23(18)30/h6-11,13,15,22H,4-5,12,14H2,1-3H3,(H,27,32)(H,28,31)/t15?,22-/m0/s1. The second-order valence-corrected chi connectivity index (χ2v) is 8.30. The third-order valence-corrected chi connectivity index (χ3v) is 6.13. The first kappa shape index (κ1) is 23.3. The van der Waals surface area contributed by atoms with Crippen molar-refractivity contribution in [2.75, 3.05) is 6.79 Å². The molecule has 34 heavy (non-hydrogen) atoms. The first-order valence-electron chi connectivity index (χ1n) is 11.4. The van der Waals surface area contributed by atoms with E-state index in [9.17, 15) is 14.4 Å². The average Bonchev–Trinajstić information content (AvgIpc) is 3.33. The normalized spacial score (nSPS) is 14.0. The minimum absolute atomic E-state index is 0.0263. The smallest absolute Gasteiger partial charge is 0.257 e. The summed E-state index contributed by atoms with van der Waals surface area (Å²) in [5.41, 5.74) is 1.06. The molecule has 1 aliphatic heterocycles. The van der Waals surface area contributed by atoms with E-state index in [1.54, 1.807) is 30.6 Å². The third kappa shape index (κ3) is 4.59. The van der Waals surface area contributed by atoms with Crippen LogP contribution in [0.15, 0.2) is 47.7 Å². The van der Waals surface area contributed by atoms with Crippen LogP contribution in [0.4, 0.5) is 0 Å². The van der Waals surface area contributed by atoms with Crippen LogP contribution in [-0.2, 0) is 17.9 Å². The minimum Gasteiger partial charge on any atom is -0.454 e. The van der Waals surface area contributed by atoms with Gasteiger partial charge in [0.1, 0.15) is 11.6 Å². The number of nitrogens with one attached hydrogen (secondary N) is 2. The molecule has 0 spiro atoms. The maximum absolute atomic E-state index is 13.3. The highest BCUT2D eigenvalue weighted by Gasteiger charge is 2.28. The fourth-order valence-corrected chi connectivity index (χ4v) is 3.93. The topological polar surface area (TPSA) is 112 Å². The van der Waals surface area contributed by atoms with E-state index in [0.29, 0.717) is 41.9 Å². The fourth-order valence-electron chi connectivity index (χ4n) is 3.93. The molecule has 2 aromatic heterocycles. The van der Waals surface area contributed by atoms with Crippen molar-refractivity contribution in [1.29, 1.82) is 0 Å². The maximum atomic E-state index is 13.3. The number of aromatic nitrogens is 2. The van der Waals surface area contributed by atoms with Crippen LogP contribution in [0.25, 0.3) is 10.9 Å². The summed E-state index contributed by atoms with van der Waals surface area (Å²) in [5, 5.41) is 6.01. The quantitative estimate of drug-likeness (QED) is 0.530. The molecule has 1 aliphatic rings. The molecule has 178 valence electrons. The molecule has 9 nitrogen and oxygen atoms in total. The summed E-state index contributed by atoms with van der Waals surface area (Å²) in [4.78, 5) is 43.5. The lowest BCUT2D eigenvalue weighted by molar-refractivity contribution is -0.124. The molecule has 0 radical (unpaired) electrons. The minimum atomic E-state index is -0.795. The number of pyridine rings is 2. The summed E-state index contributed by atoms with van der Waals surface area (Å²) in [7, 11) is 0. The van der Waals surface area contributed by atoms with Crippen LogP contribution in [0.2, 0.25) is 0 Å². The molecule has 0 aliphatic carbocycles. The predicted octanol–water partition coefficient (Wildman–Crippen LogP) is 2.61.